The molecule has 15 heavy (non-hydrogen) atoms. The molecule has 1 rings (SSSR count). The molecule has 0 aliphatic carbocycles. The van der Waals surface area contributed by atoms with Crippen LogP contribution in [0.2, 0.25) is 0 Å². The van der Waals surface area contributed by atoms with E-state index in [2.05, 4.69) is 21.2 Å². The molecule has 0 spiro atoms. The van der Waals surface area contributed by atoms with Gasteiger partial charge in [-0.05, 0) is 39.0 Å². The highest BCUT2D eigenvalue weighted by atomic mass is 79.9. The molecule has 0 fully saturated rings. The van der Waals surface area contributed by atoms with Crippen molar-refractivity contribution in [3.05, 3.63) is 28.5 Å². The number of aliphatic hydroxyl groups is 1. The van der Waals surface area contributed by atoms with Crippen LogP contribution in [0, 0.1) is 5.82 Å². The van der Waals surface area contributed by atoms with Gasteiger partial charge in [-0.1, -0.05) is 15.9 Å². The van der Waals surface area contributed by atoms with Gasteiger partial charge in [0.25, 0.3) is 0 Å². The Kier molecular flexibility index (Phi) is 3.73. The Bertz CT molecular complexity index is 349. The van der Waals surface area contributed by atoms with Gasteiger partial charge >= 0.3 is 0 Å². The molecule has 0 heterocycles. The van der Waals surface area contributed by atoms with Gasteiger partial charge in [-0.2, -0.15) is 0 Å². The lowest BCUT2D eigenvalue weighted by Gasteiger charge is -2.27. The molecule has 0 bridgehead atoms. The molecule has 0 aromatic heterocycles. The van der Waals surface area contributed by atoms with E-state index in [0.29, 0.717) is 10.2 Å². The van der Waals surface area contributed by atoms with Crippen molar-refractivity contribution in [1.82, 2.24) is 0 Å². The maximum absolute atomic E-state index is 13.4. The van der Waals surface area contributed by atoms with Crippen LogP contribution in [0.1, 0.15) is 20.8 Å². The fraction of sp³-hybridized carbons (Fsp3) is 0.455. The smallest absolute Gasteiger partial charge is 0.147 e. The van der Waals surface area contributed by atoms with E-state index in [1.165, 1.54) is 6.07 Å². The number of rotatable bonds is 3. The summed E-state index contributed by atoms with van der Waals surface area (Å²) in [5.74, 6) is -0.333. The van der Waals surface area contributed by atoms with Crippen LogP contribution < -0.4 is 5.32 Å². The van der Waals surface area contributed by atoms with E-state index in [1.807, 2.05) is 6.92 Å². The van der Waals surface area contributed by atoms with E-state index in [1.54, 1.807) is 26.0 Å². The molecule has 84 valence electrons. The van der Waals surface area contributed by atoms with Crippen LogP contribution in [0.25, 0.3) is 0 Å². The Morgan fingerprint density at radius 2 is 2.07 bits per heavy atom. The summed E-state index contributed by atoms with van der Waals surface area (Å²) in [5, 5.41) is 12.6. The fourth-order valence-corrected chi connectivity index (χ4v) is 1.35. The highest BCUT2D eigenvalue weighted by Gasteiger charge is 2.22. The average molecular weight is 276 g/mol. The van der Waals surface area contributed by atoms with Crippen LogP contribution in [0.15, 0.2) is 22.7 Å². The zero-order valence-electron chi connectivity index (χ0n) is 9.01. The summed E-state index contributed by atoms with van der Waals surface area (Å²) in [6, 6.07) is 4.55. The fourth-order valence-electron chi connectivity index (χ4n) is 1.02. The van der Waals surface area contributed by atoms with Gasteiger partial charge in [-0.3, -0.25) is 0 Å². The molecule has 0 saturated carbocycles. The molecule has 0 saturated heterocycles. The van der Waals surface area contributed by atoms with Gasteiger partial charge in [0.05, 0.1) is 17.3 Å². The molecule has 1 unspecified atom stereocenters. The lowest BCUT2D eigenvalue weighted by atomic mass is 10.0. The van der Waals surface area contributed by atoms with E-state index in [0.717, 1.165) is 0 Å². The van der Waals surface area contributed by atoms with Crippen molar-refractivity contribution in [2.45, 2.75) is 32.4 Å². The third-order valence-corrected chi connectivity index (χ3v) is 2.86. The molecule has 0 aliphatic rings. The van der Waals surface area contributed by atoms with Crippen LogP contribution in [0.4, 0.5) is 10.1 Å². The second-order valence-corrected chi connectivity index (χ2v) is 5.06. The zero-order valence-corrected chi connectivity index (χ0v) is 10.6. The van der Waals surface area contributed by atoms with Crippen molar-refractivity contribution in [2.75, 3.05) is 5.32 Å². The highest BCUT2D eigenvalue weighted by Crippen LogP contribution is 2.22. The van der Waals surface area contributed by atoms with Crippen molar-refractivity contribution in [3.63, 3.8) is 0 Å². The Morgan fingerprint density at radius 1 is 1.47 bits per heavy atom. The predicted molar refractivity (Wildman–Crippen MR) is 63.5 cm³/mol. The second-order valence-electron chi connectivity index (χ2n) is 4.14. The maximum atomic E-state index is 13.4. The highest BCUT2D eigenvalue weighted by molar-refractivity contribution is 9.10. The van der Waals surface area contributed by atoms with E-state index in [-0.39, 0.29) is 11.9 Å². The molecule has 1 aromatic rings. The van der Waals surface area contributed by atoms with Gasteiger partial charge in [0.1, 0.15) is 5.82 Å². The predicted octanol–water partition coefficient (Wildman–Crippen LogP) is 3.16. The van der Waals surface area contributed by atoms with Crippen molar-refractivity contribution in [3.8, 4) is 0 Å². The van der Waals surface area contributed by atoms with Crippen LogP contribution in [-0.4, -0.2) is 16.7 Å². The van der Waals surface area contributed by atoms with Gasteiger partial charge in [-0.25, -0.2) is 4.39 Å². The minimum atomic E-state index is -0.889. The van der Waals surface area contributed by atoms with Crippen LogP contribution in [0.3, 0.4) is 0 Å². The number of hydrogen-bond acceptors (Lipinski definition) is 2. The summed E-state index contributed by atoms with van der Waals surface area (Å²) in [6.07, 6.45) is 0. The van der Waals surface area contributed by atoms with Crippen LogP contribution in [0.5, 0.6) is 0 Å². The standard InChI is InChI=1S/C11H15BrFNO/c1-7(11(2,3)15)14-10-5-4-8(12)6-9(10)13/h4-7,14-15H,1-3H3. The van der Waals surface area contributed by atoms with Crippen LogP contribution >= 0.6 is 15.9 Å². The van der Waals surface area contributed by atoms with E-state index >= 15 is 0 Å². The molecular formula is C11H15BrFNO. The Labute approximate surface area is 97.6 Å². The lowest BCUT2D eigenvalue weighted by molar-refractivity contribution is 0.0648. The number of hydrogen-bond donors (Lipinski definition) is 2. The third kappa shape index (κ3) is 3.47. The van der Waals surface area contributed by atoms with Crippen molar-refractivity contribution in [2.24, 2.45) is 0 Å². The Balaban J connectivity index is 2.82. The summed E-state index contributed by atoms with van der Waals surface area (Å²) in [6.45, 7) is 5.17. The monoisotopic (exact) mass is 275 g/mol. The topological polar surface area (TPSA) is 32.3 Å². The number of anilines is 1. The normalized spacial score (nSPS) is 13.7. The summed E-state index contributed by atoms with van der Waals surface area (Å²) in [7, 11) is 0. The van der Waals surface area contributed by atoms with Crippen molar-refractivity contribution < 1.29 is 9.50 Å². The van der Waals surface area contributed by atoms with Gasteiger partial charge < -0.3 is 10.4 Å². The third-order valence-electron chi connectivity index (χ3n) is 2.36. The number of nitrogens with one attached hydrogen (secondary N) is 1. The summed E-state index contributed by atoms with van der Waals surface area (Å²) < 4.78 is 14.1. The lowest BCUT2D eigenvalue weighted by Crippen LogP contribution is -2.39. The van der Waals surface area contributed by atoms with Crippen LogP contribution in [-0.2, 0) is 0 Å². The zero-order chi connectivity index (χ0) is 11.6. The molecule has 2 nitrogen and oxygen atoms in total. The minimum Gasteiger partial charge on any atom is -0.388 e. The van der Waals surface area contributed by atoms with Crippen molar-refractivity contribution >= 4 is 21.6 Å². The number of benzene rings is 1. The number of halogens is 2. The van der Waals surface area contributed by atoms with E-state index in [9.17, 15) is 9.50 Å². The Morgan fingerprint density at radius 3 is 2.53 bits per heavy atom. The van der Waals surface area contributed by atoms with Crippen molar-refractivity contribution in [1.29, 1.82) is 0 Å². The molecule has 0 amide bonds. The van der Waals surface area contributed by atoms with Gasteiger partial charge in [0, 0.05) is 4.47 Å². The first-order valence-corrected chi connectivity index (χ1v) is 5.54. The molecule has 2 N–H and O–H groups in total. The quantitative estimate of drug-likeness (QED) is 0.888. The summed E-state index contributed by atoms with van der Waals surface area (Å²) in [5.41, 5.74) is -0.493. The first-order chi connectivity index (χ1) is 6.80. The van der Waals surface area contributed by atoms with E-state index in [4.69, 9.17) is 0 Å². The van der Waals surface area contributed by atoms with Gasteiger partial charge in [0.2, 0.25) is 0 Å². The molecular weight excluding hydrogens is 261 g/mol. The average Bonchev–Trinajstić information content (AvgIpc) is 2.08. The maximum Gasteiger partial charge on any atom is 0.147 e. The first kappa shape index (κ1) is 12.5. The Hall–Kier alpha value is -0.610. The largest absolute Gasteiger partial charge is 0.388 e. The summed E-state index contributed by atoms with van der Waals surface area (Å²) >= 11 is 3.18. The second kappa shape index (κ2) is 4.49. The molecule has 0 aliphatic heterocycles. The molecule has 1 atom stereocenters. The first-order valence-electron chi connectivity index (χ1n) is 4.74. The SMILES string of the molecule is CC(Nc1ccc(Br)cc1F)C(C)(C)O. The van der Waals surface area contributed by atoms with Gasteiger partial charge in [0.15, 0.2) is 0 Å². The minimum absolute atomic E-state index is 0.229. The molecule has 0 radical (unpaired) electrons. The molecule has 4 heteroatoms. The van der Waals surface area contributed by atoms with Gasteiger partial charge in [-0.15, -0.1) is 0 Å². The van der Waals surface area contributed by atoms with E-state index < -0.39 is 5.60 Å². The summed E-state index contributed by atoms with van der Waals surface area (Å²) in [4.78, 5) is 0. The molecule has 1 aromatic carbocycles.